The zero-order valence-electron chi connectivity index (χ0n) is 16.9. The molecule has 2 aromatic carbocycles. The van der Waals surface area contributed by atoms with Crippen LogP contribution in [-0.4, -0.2) is 46.8 Å². The summed E-state index contributed by atoms with van der Waals surface area (Å²) in [4.78, 5) is 15.8. The topological polar surface area (TPSA) is 71.8 Å². The van der Waals surface area contributed by atoms with Crippen molar-refractivity contribution in [1.82, 2.24) is 14.5 Å². The maximum absolute atomic E-state index is 6.55. The molecule has 2 heterocycles. The zero-order chi connectivity index (χ0) is 22.1. The van der Waals surface area contributed by atoms with Gasteiger partial charge in [-0.1, -0.05) is 34.8 Å². The molecule has 2 N–H and O–H groups in total. The molecule has 1 aliphatic rings. The number of nitrogens with two attached hydrogens (primary N) is 1. The Labute approximate surface area is 196 Å². The predicted molar refractivity (Wildman–Crippen MR) is 130 cm³/mol. The summed E-state index contributed by atoms with van der Waals surface area (Å²) in [6, 6.07) is 12.7. The van der Waals surface area contributed by atoms with Gasteiger partial charge in [0.1, 0.15) is 5.82 Å². The molecular weight excluding hydrogens is 455 g/mol. The molecule has 1 aromatic heterocycles. The van der Waals surface area contributed by atoms with Crippen LogP contribution in [0.5, 0.6) is 0 Å². The summed E-state index contributed by atoms with van der Waals surface area (Å²) in [6.45, 7) is 4.61. The normalized spacial score (nSPS) is 16.7. The van der Waals surface area contributed by atoms with Crippen molar-refractivity contribution in [1.29, 1.82) is 0 Å². The van der Waals surface area contributed by atoms with E-state index in [-0.39, 0.29) is 6.17 Å². The number of rotatable bonds is 4. The molecule has 0 saturated carbocycles. The summed E-state index contributed by atoms with van der Waals surface area (Å²) >= 11 is 18.8. The number of hydrogen-bond donors (Lipinski definition) is 1. The molecule has 31 heavy (non-hydrogen) atoms. The first-order valence-corrected chi connectivity index (χ1v) is 10.9. The lowest BCUT2D eigenvalue weighted by molar-refractivity contribution is 0.398. The molecule has 6 nitrogen and oxygen atoms in total. The average molecular weight is 476 g/mol. The van der Waals surface area contributed by atoms with Crippen molar-refractivity contribution in [2.24, 2.45) is 15.7 Å². The van der Waals surface area contributed by atoms with E-state index in [1.165, 1.54) is 0 Å². The molecule has 4 rings (SSSR count). The van der Waals surface area contributed by atoms with Crippen molar-refractivity contribution in [2.75, 3.05) is 13.6 Å². The highest BCUT2D eigenvalue weighted by Gasteiger charge is 2.31. The van der Waals surface area contributed by atoms with E-state index in [4.69, 9.17) is 45.5 Å². The molecule has 0 aliphatic carbocycles. The van der Waals surface area contributed by atoms with E-state index < -0.39 is 0 Å². The minimum Gasteiger partial charge on any atom is -0.340 e. The number of aliphatic imine (C=N–C) groups is 2. The molecule has 160 valence electrons. The molecule has 3 aromatic rings. The maximum atomic E-state index is 6.55. The van der Waals surface area contributed by atoms with E-state index in [1.54, 1.807) is 19.2 Å². The molecular formula is C22H21Cl3N6. The largest absolute Gasteiger partial charge is 0.340 e. The number of imidazole rings is 1. The quantitative estimate of drug-likeness (QED) is 0.395. The Morgan fingerprint density at radius 1 is 1.13 bits per heavy atom. The van der Waals surface area contributed by atoms with Crippen LogP contribution in [0.25, 0.3) is 17.1 Å². The van der Waals surface area contributed by atoms with Crippen molar-refractivity contribution in [3.8, 4) is 17.1 Å². The summed E-state index contributed by atoms with van der Waals surface area (Å²) in [6.07, 6.45) is 1.76. The van der Waals surface area contributed by atoms with Crippen LogP contribution in [0, 0.1) is 0 Å². The Morgan fingerprint density at radius 3 is 2.42 bits per heavy atom. The lowest BCUT2D eigenvalue weighted by atomic mass is 10.2. The van der Waals surface area contributed by atoms with Crippen molar-refractivity contribution >= 4 is 53.2 Å². The SMILES string of the molecule is C=Nc1c(/C(=N\C)N2CCCC2N)nc(-c2ccc(Cl)cc2Cl)n1-c1ccc(Cl)cc1. The third kappa shape index (κ3) is 4.08. The molecule has 0 radical (unpaired) electrons. The lowest BCUT2D eigenvalue weighted by Crippen LogP contribution is -2.41. The standard InChI is InChI=1S/C22H21Cl3N6/c1-27-21(30-11-3-4-18(30)26)19-22(28-2)31(15-8-5-13(23)6-9-15)20(29-19)16-10-7-14(24)12-17(16)25/h5-10,12,18H,2-4,11,26H2,1H3/b27-21+. The molecule has 0 spiro atoms. The second kappa shape index (κ2) is 9.01. The van der Waals surface area contributed by atoms with Crippen LogP contribution in [-0.2, 0) is 0 Å². The second-order valence-corrected chi connectivity index (χ2v) is 8.43. The third-order valence-electron chi connectivity index (χ3n) is 5.25. The summed E-state index contributed by atoms with van der Waals surface area (Å²) in [5.74, 6) is 1.81. The van der Waals surface area contributed by atoms with Gasteiger partial charge < -0.3 is 10.6 Å². The van der Waals surface area contributed by atoms with Gasteiger partial charge in [-0.05, 0) is 62.0 Å². The monoisotopic (exact) mass is 474 g/mol. The molecule has 9 heteroatoms. The molecule has 1 atom stereocenters. The highest BCUT2D eigenvalue weighted by molar-refractivity contribution is 6.36. The van der Waals surface area contributed by atoms with E-state index in [0.29, 0.717) is 43.8 Å². The fraction of sp³-hybridized carbons (Fsp3) is 0.227. The first-order chi connectivity index (χ1) is 14.9. The molecule has 0 bridgehead atoms. The van der Waals surface area contributed by atoms with Crippen molar-refractivity contribution in [3.05, 3.63) is 63.2 Å². The van der Waals surface area contributed by atoms with Crippen LogP contribution in [0.3, 0.4) is 0 Å². The van der Waals surface area contributed by atoms with Gasteiger partial charge in [-0.3, -0.25) is 9.56 Å². The smallest absolute Gasteiger partial charge is 0.168 e. The fourth-order valence-corrected chi connectivity index (χ4v) is 4.44. The van der Waals surface area contributed by atoms with Crippen molar-refractivity contribution in [3.63, 3.8) is 0 Å². The minimum absolute atomic E-state index is 0.125. The number of likely N-dealkylation sites (tertiary alicyclic amines) is 1. The van der Waals surface area contributed by atoms with Gasteiger partial charge in [-0.2, -0.15) is 0 Å². The van der Waals surface area contributed by atoms with Gasteiger partial charge in [0, 0.05) is 34.9 Å². The number of amidine groups is 1. The van der Waals surface area contributed by atoms with Gasteiger partial charge in [-0.15, -0.1) is 0 Å². The van der Waals surface area contributed by atoms with Crippen LogP contribution < -0.4 is 5.73 Å². The summed E-state index contributed by atoms with van der Waals surface area (Å²) in [5.41, 5.74) is 8.43. The predicted octanol–water partition coefficient (Wildman–Crippen LogP) is 5.59. The van der Waals surface area contributed by atoms with E-state index in [0.717, 1.165) is 25.1 Å². The van der Waals surface area contributed by atoms with Crippen LogP contribution in [0.2, 0.25) is 15.1 Å². The Balaban J connectivity index is 1.99. The number of halogens is 3. The van der Waals surface area contributed by atoms with Gasteiger partial charge in [0.25, 0.3) is 0 Å². The van der Waals surface area contributed by atoms with Gasteiger partial charge >= 0.3 is 0 Å². The van der Waals surface area contributed by atoms with Crippen LogP contribution in [0.1, 0.15) is 18.5 Å². The fourth-order valence-electron chi connectivity index (χ4n) is 3.82. The van der Waals surface area contributed by atoms with Crippen molar-refractivity contribution < 1.29 is 0 Å². The molecule has 1 aliphatic heterocycles. The number of nitrogens with zero attached hydrogens (tertiary/aromatic N) is 5. The Kier molecular flexibility index (Phi) is 6.34. The molecule has 1 fully saturated rings. The first kappa shape index (κ1) is 21.8. The Hall–Kier alpha value is -2.38. The maximum Gasteiger partial charge on any atom is 0.168 e. The minimum atomic E-state index is -0.125. The molecule has 1 unspecified atom stereocenters. The summed E-state index contributed by atoms with van der Waals surface area (Å²) in [7, 11) is 1.73. The number of aromatic nitrogens is 2. The highest BCUT2D eigenvalue weighted by atomic mass is 35.5. The Morgan fingerprint density at radius 2 is 1.84 bits per heavy atom. The zero-order valence-corrected chi connectivity index (χ0v) is 19.2. The highest BCUT2D eigenvalue weighted by Crippen LogP contribution is 2.37. The van der Waals surface area contributed by atoms with Crippen molar-refractivity contribution in [2.45, 2.75) is 19.0 Å². The summed E-state index contributed by atoms with van der Waals surface area (Å²) in [5, 5.41) is 1.64. The number of benzene rings is 2. The lowest BCUT2D eigenvalue weighted by Gasteiger charge is -2.24. The van der Waals surface area contributed by atoms with Gasteiger partial charge in [0.15, 0.2) is 17.3 Å². The second-order valence-electron chi connectivity index (χ2n) is 7.15. The molecule has 1 saturated heterocycles. The average Bonchev–Trinajstić information content (AvgIpc) is 3.33. The Bertz CT molecular complexity index is 1150. The van der Waals surface area contributed by atoms with E-state index in [1.807, 2.05) is 34.9 Å². The van der Waals surface area contributed by atoms with E-state index >= 15 is 0 Å². The third-order valence-corrected chi connectivity index (χ3v) is 6.05. The number of hydrogen-bond acceptors (Lipinski definition) is 4. The van der Waals surface area contributed by atoms with Gasteiger partial charge in [-0.25, -0.2) is 9.98 Å². The van der Waals surface area contributed by atoms with Crippen LogP contribution in [0.15, 0.2) is 52.4 Å². The van der Waals surface area contributed by atoms with Crippen LogP contribution >= 0.6 is 34.8 Å². The summed E-state index contributed by atoms with van der Waals surface area (Å²) < 4.78 is 1.89. The first-order valence-electron chi connectivity index (χ1n) is 9.74. The van der Waals surface area contributed by atoms with E-state index in [2.05, 4.69) is 21.6 Å². The van der Waals surface area contributed by atoms with Gasteiger partial charge in [0.2, 0.25) is 0 Å². The molecule has 0 amide bonds. The van der Waals surface area contributed by atoms with Gasteiger partial charge in [0.05, 0.1) is 11.2 Å². The van der Waals surface area contributed by atoms with E-state index in [9.17, 15) is 0 Å². The van der Waals surface area contributed by atoms with Crippen LogP contribution in [0.4, 0.5) is 5.82 Å².